The fourth-order valence-electron chi connectivity index (χ4n) is 2.60. The molecule has 0 aromatic carbocycles. The average Bonchev–Trinajstić information content (AvgIpc) is 3.28. The summed E-state index contributed by atoms with van der Waals surface area (Å²) in [5, 5.41) is 14.1. The van der Waals surface area contributed by atoms with Crippen LogP contribution in [0.25, 0.3) is 0 Å². The number of hydrogen-bond acceptors (Lipinski definition) is 3. The highest BCUT2D eigenvalue weighted by molar-refractivity contribution is 5.07. The van der Waals surface area contributed by atoms with E-state index in [1.165, 1.54) is 12.8 Å². The number of aromatic nitrogens is 1. The molecule has 0 amide bonds. The van der Waals surface area contributed by atoms with Crippen LogP contribution in [0.15, 0.2) is 24.4 Å². The number of hydrogen-bond donors (Lipinski definition) is 2. The van der Waals surface area contributed by atoms with E-state index in [2.05, 4.69) is 30.2 Å². The molecule has 1 aliphatic rings. The van der Waals surface area contributed by atoms with Crippen molar-refractivity contribution in [1.82, 2.24) is 10.3 Å². The van der Waals surface area contributed by atoms with Gasteiger partial charge in [-0.3, -0.25) is 4.98 Å². The lowest BCUT2D eigenvalue weighted by Crippen LogP contribution is -2.47. The van der Waals surface area contributed by atoms with Crippen LogP contribution in [0.2, 0.25) is 0 Å². The van der Waals surface area contributed by atoms with E-state index >= 15 is 0 Å². The zero-order chi connectivity index (χ0) is 14.6. The lowest BCUT2D eigenvalue weighted by atomic mass is 9.88. The number of rotatable bonds is 8. The predicted octanol–water partition coefficient (Wildman–Crippen LogP) is 2.79. The lowest BCUT2D eigenvalue weighted by Gasteiger charge is -2.32. The van der Waals surface area contributed by atoms with Gasteiger partial charge in [-0.25, -0.2) is 0 Å². The first kappa shape index (κ1) is 15.5. The van der Waals surface area contributed by atoms with Crippen molar-refractivity contribution in [2.24, 2.45) is 11.8 Å². The Morgan fingerprint density at radius 2 is 2.20 bits per heavy atom. The van der Waals surface area contributed by atoms with Crippen LogP contribution < -0.4 is 5.32 Å². The summed E-state index contributed by atoms with van der Waals surface area (Å²) in [6.07, 6.45) is 6.42. The molecule has 2 N–H and O–H groups in total. The van der Waals surface area contributed by atoms with Crippen LogP contribution in [-0.2, 0) is 6.42 Å². The van der Waals surface area contributed by atoms with E-state index in [4.69, 9.17) is 0 Å². The van der Waals surface area contributed by atoms with Crippen LogP contribution in [0, 0.1) is 11.8 Å². The van der Waals surface area contributed by atoms with Crippen molar-refractivity contribution in [3.05, 3.63) is 30.1 Å². The zero-order valence-electron chi connectivity index (χ0n) is 13.0. The smallest absolute Gasteiger partial charge is 0.0768 e. The summed E-state index contributed by atoms with van der Waals surface area (Å²) >= 11 is 0. The molecule has 0 saturated heterocycles. The molecule has 3 nitrogen and oxygen atoms in total. The maximum absolute atomic E-state index is 10.5. The van der Waals surface area contributed by atoms with Crippen LogP contribution in [0.4, 0.5) is 0 Å². The highest BCUT2D eigenvalue weighted by atomic mass is 16.3. The molecule has 112 valence electrons. The van der Waals surface area contributed by atoms with E-state index in [0.29, 0.717) is 18.5 Å². The minimum Gasteiger partial charge on any atom is -0.389 e. The van der Waals surface area contributed by atoms with Gasteiger partial charge in [0.05, 0.1) is 5.60 Å². The summed E-state index contributed by atoms with van der Waals surface area (Å²) < 4.78 is 0. The van der Waals surface area contributed by atoms with Crippen molar-refractivity contribution < 1.29 is 5.11 Å². The second-order valence-electron chi connectivity index (χ2n) is 6.52. The summed E-state index contributed by atoms with van der Waals surface area (Å²) in [7, 11) is 0. The molecular formula is C17H28N2O. The average molecular weight is 276 g/mol. The van der Waals surface area contributed by atoms with Crippen molar-refractivity contribution in [2.75, 3.05) is 6.54 Å². The minimum absolute atomic E-state index is 0.310. The van der Waals surface area contributed by atoms with Crippen molar-refractivity contribution in [1.29, 1.82) is 0 Å². The maximum Gasteiger partial charge on any atom is 0.0768 e. The fraction of sp³-hybridized carbons (Fsp3) is 0.706. The molecule has 2 rings (SSSR count). The Kier molecular flexibility index (Phi) is 5.17. The van der Waals surface area contributed by atoms with Gasteiger partial charge in [-0.2, -0.15) is 0 Å². The second kappa shape index (κ2) is 6.68. The molecule has 0 aliphatic heterocycles. The summed E-state index contributed by atoms with van der Waals surface area (Å²) in [4.78, 5) is 4.42. The van der Waals surface area contributed by atoms with Crippen molar-refractivity contribution >= 4 is 0 Å². The zero-order valence-corrected chi connectivity index (χ0v) is 13.0. The van der Waals surface area contributed by atoms with Gasteiger partial charge in [-0.05, 0) is 43.7 Å². The summed E-state index contributed by atoms with van der Waals surface area (Å²) in [6.45, 7) is 6.85. The van der Waals surface area contributed by atoms with Crippen LogP contribution in [0.1, 0.15) is 45.7 Å². The Bertz CT molecular complexity index is 401. The second-order valence-corrected chi connectivity index (χ2v) is 6.52. The number of pyridine rings is 1. The van der Waals surface area contributed by atoms with Gasteiger partial charge in [0.15, 0.2) is 0 Å². The molecule has 1 heterocycles. The molecule has 3 heteroatoms. The Labute approximate surface area is 122 Å². The van der Waals surface area contributed by atoms with Crippen LogP contribution in [0.3, 0.4) is 0 Å². The molecule has 3 atom stereocenters. The number of aliphatic hydroxyl groups is 1. The fourth-order valence-corrected chi connectivity index (χ4v) is 2.60. The van der Waals surface area contributed by atoms with Crippen molar-refractivity contribution in [3.8, 4) is 0 Å². The van der Waals surface area contributed by atoms with Crippen molar-refractivity contribution in [2.45, 2.75) is 58.1 Å². The first-order chi connectivity index (χ1) is 9.53. The van der Waals surface area contributed by atoms with Gasteiger partial charge < -0.3 is 10.4 Å². The maximum atomic E-state index is 10.5. The topological polar surface area (TPSA) is 45.1 Å². The third-order valence-electron chi connectivity index (χ3n) is 4.74. The van der Waals surface area contributed by atoms with E-state index < -0.39 is 5.60 Å². The molecule has 20 heavy (non-hydrogen) atoms. The minimum atomic E-state index is -0.633. The largest absolute Gasteiger partial charge is 0.389 e. The molecule has 1 aromatic heterocycles. The van der Waals surface area contributed by atoms with Gasteiger partial charge in [-0.1, -0.05) is 26.3 Å². The Hall–Kier alpha value is -0.930. The normalized spacial score (nSPS) is 21.2. The van der Waals surface area contributed by atoms with E-state index in [1.54, 1.807) is 0 Å². The SMILES string of the molecule is CCC(C)C(C)(O)CNC(Cc1ccccn1)C1CC1. The molecule has 0 radical (unpaired) electrons. The molecule has 3 unspecified atom stereocenters. The Morgan fingerprint density at radius 1 is 1.45 bits per heavy atom. The molecule has 1 aromatic rings. The quantitative estimate of drug-likeness (QED) is 0.767. The van der Waals surface area contributed by atoms with Gasteiger partial charge in [0.2, 0.25) is 0 Å². The third-order valence-corrected chi connectivity index (χ3v) is 4.74. The molecule has 1 fully saturated rings. The summed E-state index contributed by atoms with van der Waals surface area (Å²) in [5.74, 6) is 1.06. The lowest BCUT2D eigenvalue weighted by molar-refractivity contribution is 0.00269. The highest BCUT2D eigenvalue weighted by Crippen LogP contribution is 2.34. The monoisotopic (exact) mass is 276 g/mol. The molecule has 1 saturated carbocycles. The molecule has 0 spiro atoms. The number of nitrogens with one attached hydrogen (secondary N) is 1. The summed E-state index contributed by atoms with van der Waals surface area (Å²) in [6, 6.07) is 6.53. The molecule has 1 aliphatic carbocycles. The van der Waals surface area contributed by atoms with Gasteiger partial charge in [0.1, 0.15) is 0 Å². The van der Waals surface area contributed by atoms with E-state index in [0.717, 1.165) is 24.5 Å². The van der Waals surface area contributed by atoms with Crippen LogP contribution in [0.5, 0.6) is 0 Å². The Balaban J connectivity index is 1.90. The van der Waals surface area contributed by atoms with Gasteiger partial charge in [0.25, 0.3) is 0 Å². The molecular weight excluding hydrogens is 248 g/mol. The number of nitrogens with zero attached hydrogens (tertiary/aromatic N) is 1. The first-order valence-corrected chi connectivity index (χ1v) is 7.88. The van der Waals surface area contributed by atoms with E-state index in [-0.39, 0.29) is 0 Å². The highest BCUT2D eigenvalue weighted by Gasteiger charge is 2.34. The summed E-state index contributed by atoms with van der Waals surface area (Å²) in [5.41, 5.74) is 0.506. The standard InChI is InChI=1S/C17H28N2O/c1-4-13(2)17(3,20)12-19-16(14-8-9-14)11-15-7-5-6-10-18-15/h5-7,10,13-14,16,19-20H,4,8-9,11-12H2,1-3H3. The first-order valence-electron chi connectivity index (χ1n) is 7.88. The Morgan fingerprint density at radius 3 is 2.75 bits per heavy atom. The van der Waals surface area contributed by atoms with Crippen LogP contribution in [-0.4, -0.2) is 28.3 Å². The van der Waals surface area contributed by atoms with Gasteiger partial charge in [-0.15, -0.1) is 0 Å². The van der Waals surface area contributed by atoms with E-state index in [9.17, 15) is 5.11 Å². The van der Waals surface area contributed by atoms with Crippen molar-refractivity contribution in [3.63, 3.8) is 0 Å². The van der Waals surface area contributed by atoms with Gasteiger partial charge >= 0.3 is 0 Å². The third kappa shape index (κ3) is 4.29. The van der Waals surface area contributed by atoms with Crippen LogP contribution >= 0.6 is 0 Å². The van der Waals surface area contributed by atoms with E-state index in [1.807, 2.05) is 25.3 Å². The predicted molar refractivity (Wildman–Crippen MR) is 82.5 cm³/mol. The van der Waals surface area contributed by atoms with Gasteiger partial charge in [0, 0.05) is 30.9 Å². The molecule has 0 bridgehead atoms.